The zero-order valence-electron chi connectivity index (χ0n) is 21.2. The minimum Gasteiger partial charge on any atom is -0.360 e. The molecule has 3 aliphatic carbocycles. The summed E-state index contributed by atoms with van der Waals surface area (Å²) in [6, 6.07) is 5.44. The highest BCUT2D eigenvalue weighted by atomic mass is 35.5. The van der Waals surface area contributed by atoms with Gasteiger partial charge < -0.3 is 10.6 Å². The lowest BCUT2D eigenvalue weighted by atomic mass is 9.38. The van der Waals surface area contributed by atoms with Crippen molar-refractivity contribution in [1.82, 2.24) is 14.9 Å². The molecule has 1 amide bonds. The molecular formula is C24H29ClF6N4O3S. The van der Waals surface area contributed by atoms with Crippen molar-refractivity contribution in [2.24, 2.45) is 10.4 Å². The van der Waals surface area contributed by atoms with Gasteiger partial charge in [0.2, 0.25) is 15.9 Å². The van der Waals surface area contributed by atoms with Crippen molar-refractivity contribution in [2.45, 2.75) is 82.0 Å². The van der Waals surface area contributed by atoms with Gasteiger partial charge in [0.05, 0.1) is 24.1 Å². The molecule has 1 aromatic carbocycles. The van der Waals surface area contributed by atoms with Crippen molar-refractivity contribution < 1.29 is 39.6 Å². The van der Waals surface area contributed by atoms with Gasteiger partial charge in [-0.15, -0.1) is 0 Å². The Labute approximate surface area is 227 Å². The van der Waals surface area contributed by atoms with Gasteiger partial charge in [-0.3, -0.25) is 9.79 Å². The van der Waals surface area contributed by atoms with Crippen molar-refractivity contribution >= 4 is 33.4 Å². The molecule has 5 rings (SSSR count). The van der Waals surface area contributed by atoms with Gasteiger partial charge in [0, 0.05) is 29.1 Å². The molecular weight excluding hydrogens is 574 g/mol. The molecule has 1 atom stereocenters. The van der Waals surface area contributed by atoms with E-state index in [1.165, 1.54) is 0 Å². The molecule has 4 aliphatic rings. The van der Waals surface area contributed by atoms with Crippen molar-refractivity contribution in [1.29, 1.82) is 0 Å². The fourth-order valence-electron chi connectivity index (χ4n) is 5.71. The molecule has 15 heteroatoms. The van der Waals surface area contributed by atoms with Gasteiger partial charge in [-0.1, -0.05) is 23.7 Å². The minimum atomic E-state index is -4.64. The second-order valence-corrected chi connectivity index (χ2v) is 13.6. The van der Waals surface area contributed by atoms with E-state index >= 15 is 0 Å². The van der Waals surface area contributed by atoms with E-state index in [1.54, 1.807) is 38.1 Å². The topological polar surface area (TPSA) is 90.9 Å². The molecule has 1 heterocycles. The van der Waals surface area contributed by atoms with Crippen molar-refractivity contribution in [3.05, 3.63) is 34.9 Å². The predicted molar refractivity (Wildman–Crippen MR) is 133 cm³/mol. The third kappa shape index (κ3) is 6.32. The molecule has 0 spiro atoms. The summed E-state index contributed by atoms with van der Waals surface area (Å²) in [5.74, 6) is -1.25. The summed E-state index contributed by atoms with van der Waals surface area (Å²) < 4.78 is 104. The second kappa shape index (κ2) is 9.79. The van der Waals surface area contributed by atoms with Crippen molar-refractivity contribution in [3.8, 4) is 0 Å². The van der Waals surface area contributed by atoms with Crippen LogP contribution in [0.4, 0.5) is 26.3 Å². The van der Waals surface area contributed by atoms with E-state index in [0.29, 0.717) is 35.7 Å². The van der Waals surface area contributed by atoms with Crippen molar-refractivity contribution in [3.63, 3.8) is 0 Å². The predicted octanol–water partition coefficient (Wildman–Crippen LogP) is 4.56. The highest BCUT2D eigenvalue weighted by molar-refractivity contribution is 7.89. The fraction of sp³-hybridized carbons (Fsp3) is 0.667. The highest BCUT2D eigenvalue weighted by Crippen LogP contribution is 2.71. The lowest BCUT2D eigenvalue weighted by Crippen LogP contribution is -2.78. The maximum atomic E-state index is 13.2. The zero-order chi connectivity index (χ0) is 29.1. The molecule has 0 radical (unpaired) electrons. The van der Waals surface area contributed by atoms with E-state index in [-0.39, 0.29) is 6.54 Å². The van der Waals surface area contributed by atoms with Gasteiger partial charge in [0.25, 0.3) is 0 Å². The van der Waals surface area contributed by atoms with E-state index in [4.69, 9.17) is 11.6 Å². The number of hydrogen-bond acceptors (Lipinski definition) is 5. The van der Waals surface area contributed by atoms with Gasteiger partial charge in [-0.05, 0) is 50.8 Å². The number of alkyl halides is 6. The SMILES string of the molecule is CC1(C)N=C(C23CC(N(Cc4ccc(Cl)cc4)S(=O)(=O)CCC(F)(F)F)(C2)C3)N[C@H]1C(=O)NCCC(F)(F)F. The number of benzene rings is 1. The van der Waals surface area contributed by atoms with Crippen LogP contribution in [0.1, 0.15) is 51.5 Å². The molecule has 1 aromatic rings. The van der Waals surface area contributed by atoms with E-state index in [0.717, 1.165) is 4.31 Å². The van der Waals surface area contributed by atoms with Crippen LogP contribution in [-0.2, 0) is 21.4 Å². The number of sulfonamides is 1. The molecule has 3 fully saturated rings. The summed E-state index contributed by atoms with van der Waals surface area (Å²) >= 11 is 5.91. The number of amidine groups is 1. The second-order valence-electron chi connectivity index (χ2n) is 11.2. The number of amides is 1. The number of nitrogens with one attached hydrogen (secondary N) is 2. The maximum absolute atomic E-state index is 13.2. The number of carbonyl (C=O) groups excluding carboxylic acids is 1. The Bertz CT molecular complexity index is 1230. The molecule has 218 valence electrons. The molecule has 39 heavy (non-hydrogen) atoms. The quantitative estimate of drug-likeness (QED) is 0.384. The van der Waals surface area contributed by atoms with Crippen molar-refractivity contribution in [2.75, 3.05) is 12.3 Å². The summed E-state index contributed by atoms with van der Waals surface area (Å²) in [5, 5.41) is 5.74. The molecule has 3 saturated carbocycles. The van der Waals surface area contributed by atoms with Gasteiger partial charge in [0.15, 0.2) is 0 Å². The van der Waals surface area contributed by atoms with E-state index in [2.05, 4.69) is 15.6 Å². The summed E-state index contributed by atoms with van der Waals surface area (Å²) in [5.41, 5.74) is -1.88. The first kappa shape index (κ1) is 29.9. The van der Waals surface area contributed by atoms with Crippen LogP contribution in [-0.4, -0.2) is 66.2 Å². The Balaban J connectivity index is 1.47. The first-order chi connectivity index (χ1) is 17.8. The molecule has 2 N–H and O–H groups in total. The molecule has 1 aliphatic heterocycles. The number of carbonyl (C=O) groups is 1. The van der Waals surface area contributed by atoms with Gasteiger partial charge in [-0.25, -0.2) is 8.42 Å². The van der Waals surface area contributed by atoms with Gasteiger partial charge >= 0.3 is 12.4 Å². The summed E-state index contributed by atoms with van der Waals surface area (Å²) in [6.07, 6.45) is -10.8. The summed E-state index contributed by atoms with van der Waals surface area (Å²) in [4.78, 5) is 17.2. The van der Waals surface area contributed by atoms with Crippen LogP contribution in [0.2, 0.25) is 5.02 Å². The molecule has 2 bridgehead atoms. The lowest BCUT2D eigenvalue weighted by Gasteiger charge is -2.73. The van der Waals surface area contributed by atoms with Crippen LogP contribution in [0.15, 0.2) is 29.3 Å². The number of rotatable bonds is 10. The third-order valence-corrected chi connectivity index (χ3v) is 9.77. The minimum absolute atomic E-state index is 0.122. The van der Waals surface area contributed by atoms with Crippen LogP contribution < -0.4 is 10.6 Å². The maximum Gasteiger partial charge on any atom is 0.390 e. The number of hydrogen-bond donors (Lipinski definition) is 2. The monoisotopic (exact) mass is 602 g/mol. The highest BCUT2D eigenvalue weighted by Gasteiger charge is 2.75. The largest absolute Gasteiger partial charge is 0.390 e. The van der Waals surface area contributed by atoms with Crippen LogP contribution in [0.5, 0.6) is 0 Å². The molecule has 0 aromatic heterocycles. The Morgan fingerprint density at radius 2 is 1.64 bits per heavy atom. The summed E-state index contributed by atoms with van der Waals surface area (Å²) in [7, 11) is -4.30. The Morgan fingerprint density at radius 1 is 1.08 bits per heavy atom. The Morgan fingerprint density at radius 3 is 2.18 bits per heavy atom. The normalized spacial score (nSPS) is 27.8. The third-order valence-electron chi connectivity index (χ3n) is 7.61. The lowest BCUT2D eigenvalue weighted by molar-refractivity contribution is -0.152. The van der Waals surface area contributed by atoms with E-state index in [9.17, 15) is 39.6 Å². The van der Waals surface area contributed by atoms with Crippen LogP contribution in [0.25, 0.3) is 0 Å². The summed E-state index contributed by atoms with van der Waals surface area (Å²) in [6.45, 7) is 2.63. The first-order valence-electron chi connectivity index (χ1n) is 12.3. The Hall–Kier alpha value is -2.06. The molecule has 7 nitrogen and oxygen atoms in total. The average Bonchev–Trinajstić information content (AvgIpc) is 3.04. The number of halogens is 7. The van der Waals surface area contributed by atoms with E-state index < -0.39 is 76.0 Å². The molecule has 0 unspecified atom stereocenters. The van der Waals surface area contributed by atoms with Gasteiger partial charge in [0.1, 0.15) is 11.9 Å². The Kier molecular flexibility index (Phi) is 7.51. The van der Waals surface area contributed by atoms with Crippen LogP contribution >= 0.6 is 11.6 Å². The smallest absolute Gasteiger partial charge is 0.360 e. The van der Waals surface area contributed by atoms with Crippen LogP contribution in [0, 0.1) is 5.41 Å². The number of aliphatic imine (C=N–C) groups is 1. The fourth-order valence-corrected chi connectivity index (χ4v) is 7.67. The van der Waals surface area contributed by atoms with Gasteiger partial charge in [-0.2, -0.15) is 30.6 Å². The van der Waals surface area contributed by atoms with E-state index in [1.807, 2.05) is 0 Å². The molecule has 0 saturated heterocycles. The van der Waals surface area contributed by atoms with Crippen LogP contribution in [0.3, 0.4) is 0 Å². The zero-order valence-corrected chi connectivity index (χ0v) is 22.8. The first-order valence-corrected chi connectivity index (χ1v) is 14.3. The average molecular weight is 603 g/mol. The standard InChI is InChI=1S/C24H29ClF6N4O3S/c1-20(2)17(18(36)32-9-7-23(26,27)28)33-19(34-20)21-12-22(13-21,14-21)35(11-15-3-5-16(25)6-4-15)39(37,38)10-8-24(29,30)31/h3-6,17H,7-14H2,1-2H3,(H,32,36)(H,33,34)/t17-,21?,22?/m0/s1. The number of nitrogens with zero attached hydrogens (tertiary/aromatic N) is 2.